The normalized spacial score (nSPS) is 21.0. The maximum Gasteiger partial charge on any atom is 0.309 e. The molecule has 1 rings (SSSR count). The molecular weight excluding hydrogens is 220 g/mol. The lowest BCUT2D eigenvalue weighted by molar-refractivity contribution is -0.154. The Bertz CT molecular complexity index is 296. The maximum absolute atomic E-state index is 11.9. The van der Waals surface area contributed by atoms with Gasteiger partial charge in [0.25, 0.3) is 0 Å². The summed E-state index contributed by atoms with van der Waals surface area (Å²) in [6.07, 6.45) is 2.29. The van der Waals surface area contributed by atoms with E-state index in [0.717, 1.165) is 0 Å². The fraction of sp³-hybridized carbons (Fsp3) is 0.833. The SMILES string of the molecule is CC[C@H](N)C(=O)N1CCC(CC)(C(=O)O)CC1. The van der Waals surface area contributed by atoms with E-state index in [9.17, 15) is 14.7 Å². The molecule has 5 nitrogen and oxygen atoms in total. The fourth-order valence-corrected chi connectivity index (χ4v) is 2.28. The molecule has 17 heavy (non-hydrogen) atoms. The molecule has 0 saturated carbocycles. The summed E-state index contributed by atoms with van der Waals surface area (Å²) >= 11 is 0. The number of aliphatic carboxylic acids is 1. The number of rotatable bonds is 4. The van der Waals surface area contributed by atoms with Crippen molar-refractivity contribution in [2.75, 3.05) is 13.1 Å². The lowest BCUT2D eigenvalue weighted by Gasteiger charge is -2.39. The number of amides is 1. The minimum absolute atomic E-state index is 0.0532. The maximum atomic E-state index is 11.9. The van der Waals surface area contributed by atoms with Gasteiger partial charge in [0, 0.05) is 13.1 Å². The lowest BCUT2D eigenvalue weighted by atomic mass is 9.76. The highest BCUT2D eigenvalue weighted by Crippen LogP contribution is 2.35. The number of hydrogen-bond acceptors (Lipinski definition) is 3. The van der Waals surface area contributed by atoms with Gasteiger partial charge in [0.1, 0.15) is 0 Å². The second-order valence-corrected chi connectivity index (χ2v) is 4.78. The number of carboxylic acids is 1. The van der Waals surface area contributed by atoms with E-state index in [1.165, 1.54) is 0 Å². The van der Waals surface area contributed by atoms with Gasteiger partial charge in [0.05, 0.1) is 11.5 Å². The van der Waals surface area contributed by atoms with Crippen LogP contribution in [0, 0.1) is 5.41 Å². The van der Waals surface area contributed by atoms with Crippen molar-refractivity contribution in [2.45, 2.75) is 45.6 Å². The highest BCUT2D eigenvalue weighted by molar-refractivity contribution is 5.82. The number of nitrogens with zero attached hydrogens (tertiary/aromatic N) is 1. The second kappa shape index (κ2) is 5.49. The van der Waals surface area contributed by atoms with Gasteiger partial charge in [-0.2, -0.15) is 0 Å². The van der Waals surface area contributed by atoms with Crippen LogP contribution in [0.4, 0.5) is 0 Å². The summed E-state index contributed by atoms with van der Waals surface area (Å²) in [5.74, 6) is -0.797. The Kier molecular flexibility index (Phi) is 4.51. The monoisotopic (exact) mass is 242 g/mol. The largest absolute Gasteiger partial charge is 0.481 e. The summed E-state index contributed by atoms with van der Waals surface area (Å²) < 4.78 is 0. The van der Waals surface area contributed by atoms with E-state index < -0.39 is 17.4 Å². The molecule has 0 spiro atoms. The minimum Gasteiger partial charge on any atom is -0.481 e. The van der Waals surface area contributed by atoms with Gasteiger partial charge in [-0.25, -0.2) is 0 Å². The molecule has 5 heteroatoms. The zero-order valence-electron chi connectivity index (χ0n) is 10.6. The Morgan fingerprint density at radius 2 is 1.88 bits per heavy atom. The lowest BCUT2D eigenvalue weighted by Crippen LogP contribution is -2.50. The van der Waals surface area contributed by atoms with Crippen LogP contribution in [-0.4, -0.2) is 41.0 Å². The summed E-state index contributed by atoms with van der Waals surface area (Å²) in [5.41, 5.74) is 5.05. The van der Waals surface area contributed by atoms with Crippen molar-refractivity contribution in [3.05, 3.63) is 0 Å². The van der Waals surface area contributed by atoms with E-state index in [4.69, 9.17) is 5.73 Å². The molecule has 3 N–H and O–H groups in total. The van der Waals surface area contributed by atoms with Crippen LogP contribution in [0.3, 0.4) is 0 Å². The minimum atomic E-state index is -0.744. The first-order valence-electron chi connectivity index (χ1n) is 6.24. The van der Waals surface area contributed by atoms with Crippen LogP contribution in [-0.2, 0) is 9.59 Å². The number of carbonyl (C=O) groups excluding carboxylic acids is 1. The van der Waals surface area contributed by atoms with Gasteiger partial charge in [-0.15, -0.1) is 0 Å². The summed E-state index contributed by atoms with van der Waals surface area (Å²) in [5, 5.41) is 9.24. The third-order valence-corrected chi connectivity index (χ3v) is 3.92. The molecule has 1 aliphatic rings. The molecule has 0 aromatic rings. The first kappa shape index (κ1) is 14.0. The van der Waals surface area contributed by atoms with Crippen LogP contribution >= 0.6 is 0 Å². The van der Waals surface area contributed by atoms with Crippen molar-refractivity contribution in [2.24, 2.45) is 11.1 Å². The third kappa shape index (κ3) is 2.77. The quantitative estimate of drug-likeness (QED) is 0.764. The van der Waals surface area contributed by atoms with E-state index in [1.807, 2.05) is 13.8 Å². The molecule has 0 aliphatic carbocycles. The summed E-state index contributed by atoms with van der Waals surface area (Å²) in [7, 11) is 0. The number of carboxylic acid groups (broad SMARTS) is 1. The van der Waals surface area contributed by atoms with Crippen LogP contribution in [0.5, 0.6) is 0 Å². The smallest absolute Gasteiger partial charge is 0.309 e. The number of carbonyl (C=O) groups is 2. The Morgan fingerprint density at radius 1 is 1.35 bits per heavy atom. The molecule has 1 fully saturated rings. The fourth-order valence-electron chi connectivity index (χ4n) is 2.28. The average Bonchev–Trinajstić information content (AvgIpc) is 2.36. The van der Waals surface area contributed by atoms with Crippen molar-refractivity contribution in [3.63, 3.8) is 0 Å². The molecule has 98 valence electrons. The van der Waals surface area contributed by atoms with Gasteiger partial charge in [-0.1, -0.05) is 13.8 Å². The number of nitrogens with two attached hydrogens (primary N) is 1. The van der Waals surface area contributed by atoms with Crippen molar-refractivity contribution in [3.8, 4) is 0 Å². The van der Waals surface area contributed by atoms with Crippen LogP contribution in [0.2, 0.25) is 0 Å². The Hall–Kier alpha value is -1.10. The molecule has 1 heterocycles. The van der Waals surface area contributed by atoms with Crippen LogP contribution in [0.15, 0.2) is 0 Å². The van der Waals surface area contributed by atoms with E-state index in [1.54, 1.807) is 4.90 Å². The highest BCUT2D eigenvalue weighted by atomic mass is 16.4. The molecule has 0 unspecified atom stereocenters. The molecular formula is C12H22N2O3. The Morgan fingerprint density at radius 3 is 2.24 bits per heavy atom. The van der Waals surface area contributed by atoms with Gasteiger partial charge in [-0.05, 0) is 25.7 Å². The number of piperidine rings is 1. The standard InChI is InChI=1S/C12H22N2O3/c1-3-9(13)10(15)14-7-5-12(4-2,6-8-14)11(16)17/h9H,3-8,13H2,1-2H3,(H,16,17)/t9-/m0/s1. The highest BCUT2D eigenvalue weighted by Gasteiger charge is 2.41. The molecule has 0 radical (unpaired) electrons. The van der Waals surface area contributed by atoms with Crippen LogP contribution < -0.4 is 5.73 Å². The van der Waals surface area contributed by atoms with E-state index in [2.05, 4.69) is 0 Å². The molecule has 0 aromatic carbocycles. The average molecular weight is 242 g/mol. The van der Waals surface area contributed by atoms with Gasteiger partial charge in [0.2, 0.25) is 5.91 Å². The molecule has 0 aromatic heterocycles. The second-order valence-electron chi connectivity index (χ2n) is 4.78. The first-order valence-corrected chi connectivity index (χ1v) is 6.24. The van der Waals surface area contributed by atoms with Gasteiger partial charge in [-0.3, -0.25) is 9.59 Å². The van der Waals surface area contributed by atoms with E-state index in [-0.39, 0.29) is 5.91 Å². The van der Waals surface area contributed by atoms with Gasteiger partial charge < -0.3 is 15.7 Å². The van der Waals surface area contributed by atoms with Gasteiger partial charge >= 0.3 is 5.97 Å². The van der Waals surface area contributed by atoms with Gasteiger partial charge in [0.15, 0.2) is 0 Å². The third-order valence-electron chi connectivity index (χ3n) is 3.92. The van der Waals surface area contributed by atoms with Crippen LogP contribution in [0.1, 0.15) is 39.5 Å². The number of likely N-dealkylation sites (tertiary alicyclic amines) is 1. The predicted molar refractivity (Wildman–Crippen MR) is 64.4 cm³/mol. The molecule has 1 atom stereocenters. The summed E-state index contributed by atoms with van der Waals surface area (Å²) in [6, 6.07) is -0.450. The van der Waals surface area contributed by atoms with Crippen LogP contribution in [0.25, 0.3) is 0 Å². The molecule has 1 amide bonds. The zero-order valence-corrected chi connectivity index (χ0v) is 10.6. The Labute approximate surface area is 102 Å². The predicted octanol–water partition coefficient (Wildman–Crippen LogP) is 0.827. The van der Waals surface area contributed by atoms with E-state index in [0.29, 0.717) is 38.8 Å². The topological polar surface area (TPSA) is 83.6 Å². The van der Waals surface area contributed by atoms with Crippen molar-refractivity contribution < 1.29 is 14.7 Å². The molecule has 1 aliphatic heterocycles. The van der Waals surface area contributed by atoms with Crippen molar-refractivity contribution >= 4 is 11.9 Å². The van der Waals surface area contributed by atoms with E-state index >= 15 is 0 Å². The summed E-state index contributed by atoms with van der Waals surface area (Å²) in [4.78, 5) is 24.8. The Balaban J connectivity index is 2.61. The van der Waals surface area contributed by atoms with Crippen molar-refractivity contribution in [1.29, 1.82) is 0 Å². The zero-order chi connectivity index (χ0) is 13.1. The molecule has 0 bridgehead atoms. The summed E-state index contributed by atoms with van der Waals surface area (Å²) in [6.45, 7) is 4.78. The molecule has 1 saturated heterocycles. The first-order chi connectivity index (χ1) is 7.96. The number of hydrogen-bond donors (Lipinski definition) is 2. The van der Waals surface area contributed by atoms with Crippen molar-refractivity contribution in [1.82, 2.24) is 4.90 Å².